The average Bonchev–Trinajstić information content (AvgIpc) is 2.88. The molecule has 1 unspecified atom stereocenters. The van der Waals surface area contributed by atoms with E-state index in [-0.39, 0.29) is 0 Å². The molecule has 2 heterocycles. The topological polar surface area (TPSA) is 57.4 Å². The molecule has 0 aliphatic carbocycles. The summed E-state index contributed by atoms with van der Waals surface area (Å²) in [5, 5.41) is 0.786. The van der Waals surface area contributed by atoms with Gasteiger partial charge in [0.2, 0.25) is 0 Å². The lowest BCUT2D eigenvalue weighted by atomic mass is 10.1. The molecular weight excluding hydrogens is 234 g/mol. The monoisotopic (exact) mass is 255 g/mol. The molecule has 1 fully saturated rings. The lowest BCUT2D eigenvalue weighted by Crippen LogP contribution is -2.26. The molecule has 0 bridgehead atoms. The Labute approximate surface area is 107 Å². The summed E-state index contributed by atoms with van der Waals surface area (Å²) in [5.74, 6) is 6.13. The highest BCUT2D eigenvalue weighted by Crippen LogP contribution is 2.20. The van der Waals surface area contributed by atoms with Crippen molar-refractivity contribution in [2.45, 2.75) is 13.0 Å². The summed E-state index contributed by atoms with van der Waals surface area (Å²) in [7, 11) is 4.37. The summed E-state index contributed by atoms with van der Waals surface area (Å²) < 4.78 is 0. The van der Waals surface area contributed by atoms with Gasteiger partial charge in [-0.15, -0.1) is 0 Å². The van der Waals surface area contributed by atoms with Crippen LogP contribution in [0.4, 0.5) is 5.13 Å². The first-order valence-electron chi connectivity index (χ1n) is 5.96. The van der Waals surface area contributed by atoms with Crippen molar-refractivity contribution in [1.82, 2.24) is 14.8 Å². The Morgan fingerprint density at radius 2 is 2.53 bits per heavy atom. The first kappa shape index (κ1) is 12.8. The highest BCUT2D eigenvalue weighted by Gasteiger charge is 2.20. The quantitative estimate of drug-likeness (QED) is 0.602. The molecule has 0 spiro atoms. The molecule has 6 heteroatoms. The van der Waals surface area contributed by atoms with Crippen molar-refractivity contribution in [1.29, 1.82) is 0 Å². The summed E-state index contributed by atoms with van der Waals surface area (Å²) in [6.07, 6.45) is 3.22. The van der Waals surface area contributed by atoms with E-state index in [9.17, 15) is 0 Å². The third kappa shape index (κ3) is 3.64. The second-order valence-electron chi connectivity index (χ2n) is 4.89. The molecule has 1 saturated heterocycles. The Hall–Kier alpha value is -0.690. The number of nitrogens with one attached hydrogen (secondary N) is 1. The maximum absolute atomic E-state index is 5.32. The van der Waals surface area contributed by atoms with Crippen molar-refractivity contribution in [3.8, 4) is 0 Å². The van der Waals surface area contributed by atoms with Gasteiger partial charge in [-0.05, 0) is 33.0 Å². The molecule has 0 radical (unpaired) electrons. The van der Waals surface area contributed by atoms with Crippen LogP contribution in [0, 0.1) is 5.92 Å². The van der Waals surface area contributed by atoms with Crippen LogP contribution < -0.4 is 11.3 Å². The molecule has 96 valence electrons. The summed E-state index contributed by atoms with van der Waals surface area (Å²) in [4.78, 5) is 10.2. The average molecular weight is 255 g/mol. The number of anilines is 1. The molecule has 0 amide bonds. The van der Waals surface area contributed by atoms with Gasteiger partial charge in [0.15, 0.2) is 5.13 Å². The molecule has 0 aromatic carbocycles. The Bertz CT molecular complexity index is 353. The van der Waals surface area contributed by atoms with Crippen molar-refractivity contribution >= 4 is 16.5 Å². The minimum Gasteiger partial charge on any atom is -0.306 e. The van der Waals surface area contributed by atoms with E-state index in [1.165, 1.54) is 24.4 Å². The van der Waals surface area contributed by atoms with Crippen LogP contribution in [0.15, 0.2) is 6.20 Å². The zero-order chi connectivity index (χ0) is 12.3. The van der Waals surface area contributed by atoms with Gasteiger partial charge in [-0.1, -0.05) is 11.3 Å². The van der Waals surface area contributed by atoms with E-state index in [4.69, 9.17) is 5.84 Å². The fourth-order valence-corrected chi connectivity index (χ4v) is 3.20. The molecule has 3 N–H and O–H groups in total. The fourth-order valence-electron chi connectivity index (χ4n) is 2.39. The van der Waals surface area contributed by atoms with Crippen LogP contribution >= 0.6 is 11.3 Å². The van der Waals surface area contributed by atoms with Gasteiger partial charge in [0.1, 0.15) is 0 Å². The van der Waals surface area contributed by atoms with Gasteiger partial charge in [0.05, 0.1) is 0 Å². The molecule has 1 atom stereocenters. The van der Waals surface area contributed by atoms with Crippen LogP contribution in [0.25, 0.3) is 0 Å². The predicted octanol–water partition coefficient (Wildman–Crippen LogP) is 0.812. The van der Waals surface area contributed by atoms with E-state index < -0.39 is 0 Å². The van der Waals surface area contributed by atoms with E-state index in [1.807, 2.05) is 6.20 Å². The number of thiazole rings is 1. The maximum atomic E-state index is 5.32. The lowest BCUT2D eigenvalue weighted by molar-refractivity contribution is 0.269. The van der Waals surface area contributed by atoms with Crippen LogP contribution in [0.2, 0.25) is 0 Å². The smallest absolute Gasteiger partial charge is 0.197 e. The number of aromatic nitrogens is 1. The molecule has 2 rings (SSSR count). The standard InChI is InChI=1S/C11H21N5S/c1-15-4-3-9(6-15)7-16(2)8-10-5-13-11(14-12)17-10/h5,9H,3-4,6-8,12H2,1-2H3,(H,13,14). The second-order valence-corrected chi connectivity index (χ2v) is 6.00. The van der Waals surface area contributed by atoms with Gasteiger partial charge in [0.25, 0.3) is 0 Å². The van der Waals surface area contributed by atoms with Crippen LogP contribution in [0.5, 0.6) is 0 Å². The third-order valence-electron chi connectivity index (χ3n) is 3.16. The SMILES string of the molecule is CN1CCC(CN(C)Cc2cnc(NN)s2)C1. The minimum atomic E-state index is 0.786. The number of likely N-dealkylation sites (tertiary alicyclic amines) is 1. The van der Waals surface area contributed by atoms with Gasteiger partial charge in [-0.2, -0.15) is 0 Å². The first-order valence-corrected chi connectivity index (χ1v) is 6.77. The largest absolute Gasteiger partial charge is 0.306 e. The summed E-state index contributed by atoms with van der Waals surface area (Å²) >= 11 is 1.62. The molecule has 1 aliphatic rings. The highest BCUT2D eigenvalue weighted by molar-refractivity contribution is 7.15. The highest BCUT2D eigenvalue weighted by atomic mass is 32.1. The zero-order valence-electron chi connectivity index (χ0n) is 10.5. The summed E-state index contributed by atoms with van der Waals surface area (Å²) in [6, 6.07) is 0. The Morgan fingerprint density at radius 1 is 1.71 bits per heavy atom. The van der Waals surface area contributed by atoms with Crippen LogP contribution in [-0.2, 0) is 6.54 Å². The van der Waals surface area contributed by atoms with Gasteiger partial charge in [0, 0.05) is 30.7 Å². The molecule has 0 saturated carbocycles. The van der Waals surface area contributed by atoms with E-state index in [2.05, 4.69) is 34.3 Å². The fraction of sp³-hybridized carbons (Fsp3) is 0.727. The van der Waals surface area contributed by atoms with E-state index >= 15 is 0 Å². The third-order valence-corrected chi connectivity index (χ3v) is 4.07. The van der Waals surface area contributed by atoms with Crippen molar-refractivity contribution in [2.75, 3.05) is 39.2 Å². The number of nitrogens with two attached hydrogens (primary N) is 1. The first-order chi connectivity index (χ1) is 8.17. The van der Waals surface area contributed by atoms with E-state index in [0.29, 0.717) is 0 Å². The van der Waals surface area contributed by atoms with Gasteiger partial charge < -0.3 is 9.80 Å². The molecule has 5 nitrogen and oxygen atoms in total. The number of nitrogen functional groups attached to an aromatic ring is 1. The molecular formula is C11H21N5S. The minimum absolute atomic E-state index is 0.786. The maximum Gasteiger partial charge on any atom is 0.197 e. The van der Waals surface area contributed by atoms with Crippen molar-refractivity contribution < 1.29 is 0 Å². The molecule has 17 heavy (non-hydrogen) atoms. The van der Waals surface area contributed by atoms with E-state index in [0.717, 1.165) is 24.1 Å². The van der Waals surface area contributed by atoms with Gasteiger partial charge in [-0.3, -0.25) is 5.43 Å². The van der Waals surface area contributed by atoms with E-state index in [1.54, 1.807) is 11.3 Å². The van der Waals surface area contributed by atoms with Crippen LogP contribution in [-0.4, -0.2) is 48.5 Å². The van der Waals surface area contributed by atoms with Crippen molar-refractivity contribution in [3.05, 3.63) is 11.1 Å². The van der Waals surface area contributed by atoms with Crippen LogP contribution in [0.3, 0.4) is 0 Å². The van der Waals surface area contributed by atoms with Crippen molar-refractivity contribution in [2.24, 2.45) is 11.8 Å². The lowest BCUT2D eigenvalue weighted by Gasteiger charge is -2.19. The Balaban J connectivity index is 1.78. The van der Waals surface area contributed by atoms with Crippen molar-refractivity contribution in [3.63, 3.8) is 0 Å². The normalized spacial score (nSPS) is 21.3. The summed E-state index contributed by atoms with van der Waals surface area (Å²) in [5.41, 5.74) is 2.58. The van der Waals surface area contributed by atoms with Gasteiger partial charge in [-0.25, -0.2) is 10.8 Å². The number of hydrazine groups is 1. The molecule has 1 aliphatic heterocycles. The molecule has 1 aromatic rings. The molecule has 1 aromatic heterocycles. The number of rotatable bonds is 5. The number of nitrogens with zero attached hydrogens (tertiary/aromatic N) is 3. The number of hydrogen-bond donors (Lipinski definition) is 2. The zero-order valence-corrected chi connectivity index (χ0v) is 11.3. The van der Waals surface area contributed by atoms with Gasteiger partial charge >= 0.3 is 0 Å². The summed E-state index contributed by atoms with van der Waals surface area (Å²) in [6.45, 7) is 4.58. The predicted molar refractivity (Wildman–Crippen MR) is 71.9 cm³/mol. The second kappa shape index (κ2) is 5.77. The Kier molecular flexibility index (Phi) is 4.33. The van der Waals surface area contributed by atoms with Crippen LogP contribution in [0.1, 0.15) is 11.3 Å². The number of hydrogen-bond acceptors (Lipinski definition) is 6. The Morgan fingerprint density at radius 3 is 3.12 bits per heavy atom.